The van der Waals surface area contributed by atoms with E-state index in [1.54, 1.807) is 12.5 Å². The summed E-state index contributed by atoms with van der Waals surface area (Å²) in [7, 11) is 0. The Balaban J connectivity index is 1.76. The van der Waals surface area contributed by atoms with E-state index in [9.17, 15) is 4.79 Å². The van der Waals surface area contributed by atoms with Crippen molar-refractivity contribution < 1.29 is 9.21 Å². The Morgan fingerprint density at radius 2 is 2.32 bits per heavy atom. The molecule has 2 aromatic heterocycles. The topological polar surface area (TPSA) is 68.0 Å². The Morgan fingerprint density at radius 3 is 3.11 bits per heavy atom. The predicted molar refractivity (Wildman–Crippen MR) is 68.6 cm³/mol. The number of amides is 1. The van der Waals surface area contributed by atoms with Gasteiger partial charge in [-0.05, 0) is 25.8 Å². The van der Waals surface area contributed by atoms with Crippen LogP contribution in [0.1, 0.15) is 46.4 Å². The molecule has 1 aliphatic carbocycles. The van der Waals surface area contributed by atoms with Gasteiger partial charge in [0.25, 0.3) is 5.91 Å². The van der Waals surface area contributed by atoms with Gasteiger partial charge in [-0.1, -0.05) is 0 Å². The van der Waals surface area contributed by atoms with Gasteiger partial charge < -0.3 is 9.73 Å². The average Bonchev–Trinajstić information content (AvgIpc) is 2.89. The molecule has 2 heterocycles. The summed E-state index contributed by atoms with van der Waals surface area (Å²) in [6, 6.07) is 1.94. The standard InChI is InChI=1S/C14H15N3O2/c1-9-7-16-12(8-15-9)14(18)17-11-3-2-4-13-10(11)5-6-19-13/h5-8,11H,2-4H2,1H3,(H,17,18). The molecule has 0 bridgehead atoms. The number of aromatic nitrogens is 2. The fourth-order valence-electron chi connectivity index (χ4n) is 2.38. The molecule has 1 amide bonds. The summed E-state index contributed by atoms with van der Waals surface area (Å²) in [5.74, 6) is 0.790. The number of fused-ring (bicyclic) bond motifs is 1. The lowest BCUT2D eigenvalue weighted by molar-refractivity contribution is 0.0926. The molecule has 1 aliphatic rings. The zero-order chi connectivity index (χ0) is 13.2. The molecule has 0 aliphatic heterocycles. The summed E-state index contributed by atoms with van der Waals surface area (Å²) in [4.78, 5) is 20.3. The number of carbonyl (C=O) groups is 1. The van der Waals surface area contributed by atoms with Crippen molar-refractivity contribution in [2.45, 2.75) is 32.2 Å². The second-order valence-electron chi connectivity index (χ2n) is 4.76. The highest BCUT2D eigenvalue weighted by Gasteiger charge is 2.24. The van der Waals surface area contributed by atoms with Crippen molar-refractivity contribution in [3.63, 3.8) is 0 Å². The van der Waals surface area contributed by atoms with Gasteiger partial charge in [0.2, 0.25) is 0 Å². The molecule has 0 saturated carbocycles. The number of furan rings is 1. The van der Waals surface area contributed by atoms with Crippen LogP contribution in [-0.2, 0) is 6.42 Å². The van der Waals surface area contributed by atoms with Crippen LogP contribution in [-0.4, -0.2) is 15.9 Å². The van der Waals surface area contributed by atoms with Crippen LogP contribution < -0.4 is 5.32 Å². The highest BCUT2D eigenvalue weighted by molar-refractivity contribution is 5.92. The van der Waals surface area contributed by atoms with E-state index in [-0.39, 0.29) is 11.9 Å². The second-order valence-corrected chi connectivity index (χ2v) is 4.76. The summed E-state index contributed by atoms with van der Waals surface area (Å²) in [6.07, 6.45) is 7.67. The smallest absolute Gasteiger partial charge is 0.271 e. The zero-order valence-corrected chi connectivity index (χ0v) is 10.7. The SMILES string of the molecule is Cc1cnc(C(=O)NC2CCCc3occc32)cn1. The minimum atomic E-state index is -0.188. The van der Waals surface area contributed by atoms with Crippen LogP contribution in [0.4, 0.5) is 0 Å². The quantitative estimate of drug-likeness (QED) is 0.895. The van der Waals surface area contributed by atoms with Gasteiger partial charge in [0, 0.05) is 18.2 Å². The van der Waals surface area contributed by atoms with Crippen molar-refractivity contribution in [2.75, 3.05) is 0 Å². The van der Waals surface area contributed by atoms with Crippen molar-refractivity contribution in [1.82, 2.24) is 15.3 Å². The molecule has 1 N–H and O–H groups in total. The third-order valence-electron chi connectivity index (χ3n) is 3.37. The van der Waals surface area contributed by atoms with E-state index >= 15 is 0 Å². The van der Waals surface area contributed by atoms with Crippen LogP contribution in [0.3, 0.4) is 0 Å². The van der Waals surface area contributed by atoms with E-state index in [1.807, 2.05) is 13.0 Å². The lowest BCUT2D eigenvalue weighted by Crippen LogP contribution is -2.31. The molecule has 0 aromatic carbocycles. The Kier molecular flexibility index (Phi) is 3.03. The minimum absolute atomic E-state index is 0.0121. The number of hydrogen-bond acceptors (Lipinski definition) is 4. The minimum Gasteiger partial charge on any atom is -0.469 e. The summed E-state index contributed by atoms with van der Waals surface area (Å²) in [5, 5.41) is 3.00. The zero-order valence-electron chi connectivity index (χ0n) is 10.7. The summed E-state index contributed by atoms with van der Waals surface area (Å²) >= 11 is 0. The van der Waals surface area contributed by atoms with Crippen molar-refractivity contribution in [3.8, 4) is 0 Å². The highest BCUT2D eigenvalue weighted by atomic mass is 16.3. The van der Waals surface area contributed by atoms with Crippen molar-refractivity contribution in [2.24, 2.45) is 0 Å². The fourth-order valence-corrected chi connectivity index (χ4v) is 2.38. The Hall–Kier alpha value is -2.17. The molecule has 5 heteroatoms. The first kappa shape index (κ1) is 11.9. The van der Waals surface area contributed by atoms with Crippen molar-refractivity contribution in [3.05, 3.63) is 47.4 Å². The molecule has 0 spiro atoms. The molecule has 98 valence electrons. The molecule has 1 atom stereocenters. The number of carbonyl (C=O) groups excluding carboxylic acids is 1. The molecule has 5 nitrogen and oxygen atoms in total. The van der Waals surface area contributed by atoms with E-state index in [0.717, 1.165) is 36.3 Å². The summed E-state index contributed by atoms with van der Waals surface area (Å²) < 4.78 is 5.41. The van der Waals surface area contributed by atoms with E-state index in [1.165, 1.54) is 6.20 Å². The number of nitrogens with zero attached hydrogens (tertiary/aromatic N) is 2. The van der Waals surface area contributed by atoms with E-state index in [4.69, 9.17) is 4.42 Å². The van der Waals surface area contributed by atoms with Gasteiger partial charge in [-0.15, -0.1) is 0 Å². The molecule has 2 aromatic rings. The molecule has 0 radical (unpaired) electrons. The van der Waals surface area contributed by atoms with Gasteiger partial charge in [-0.2, -0.15) is 0 Å². The first-order valence-corrected chi connectivity index (χ1v) is 6.40. The van der Waals surface area contributed by atoms with Gasteiger partial charge in [0.05, 0.1) is 24.2 Å². The maximum absolute atomic E-state index is 12.1. The lowest BCUT2D eigenvalue weighted by atomic mass is 9.93. The van der Waals surface area contributed by atoms with Crippen LogP contribution in [0, 0.1) is 6.92 Å². The molecule has 19 heavy (non-hydrogen) atoms. The first-order valence-electron chi connectivity index (χ1n) is 6.40. The lowest BCUT2D eigenvalue weighted by Gasteiger charge is -2.22. The van der Waals surface area contributed by atoms with Crippen LogP contribution in [0.15, 0.2) is 29.1 Å². The summed E-state index contributed by atoms with van der Waals surface area (Å²) in [5.41, 5.74) is 2.23. The molecule has 1 unspecified atom stereocenters. The van der Waals surface area contributed by atoms with Crippen LogP contribution in [0.2, 0.25) is 0 Å². The Bertz CT molecular complexity index is 589. The van der Waals surface area contributed by atoms with Gasteiger partial charge in [0.15, 0.2) is 0 Å². The van der Waals surface area contributed by atoms with Crippen LogP contribution >= 0.6 is 0 Å². The fraction of sp³-hybridized carbons (Fsp3) is 0.357. The predicted octanol–water partition coefficient (Wildman–Crippen LogP) is 2.19. The molecule has 0 saturated heterocycles. The Labute approximate surface area is 111 Å². The van der Waals surface area contributed by atoms with Gasteiger partial charge in [-0.3, -0.25) is 9.78 Å². The first-order chi connectivity index (χ1) is 9.24. The molecule has 0 fully saturated rings. The average molecular weight is 257 g/mol. The maximum Gasteiger partial charge on any atom is 0.271 e. The largest absolute Gasteiger partial charge is 0.469 e. The second kappa shape index (κ2) is 4.84. The van der Waals surface area contributed by atoms with E-state index in [0.29, 0.717) is 5.69 Å². The van der Waals surface area contributed by atoms with E-state index in [2.05, 4.69) is 15.3 Å². The Morgan fingerprint density at radius 1 is 1.42 bits per heavy atom. The molecular weight excluding hydrogens is 242 g/mol. The maximum atomic E-state index is 12.1. The molecule has 3 rings (SSSR count). The van der Waals surface area contributed by atoms with Gasteiger partial charge in [0.1, 0.15) is 11.5 Å². The summed E-state index contributed by atoms with van der Waals surface area (Å²) in [6.45, 7) is 1.84. The van der Waals surface area contributed by atoms with Crippen molar-refractivity contribution in [1.29, 1.82) is 0 Å². The number of rotatable bonds is 2. The van der Waals surface area contributed by atoms with Gasteiger partial charge >= 0.3 is 0 Å². The van der Waals surface area contributed by atoms with Crippen LogP contribution in [0.25, 0.3) is 0 Å². The van der Waals surface area contributed by atoms with Gasteiger partial charge in [-0.25, -0.2) is 4.98 Å². The number of nitrogens with one attached hydrogen (secondary N) is 1. The van der Waals surface area contributed by atoms with Crippen molar-refractivity contribution >= 4 is 5.91 Å². The van der Waals surface area contributed by atoms with Crippen LogP contribution in [0.5, 0.6) is 0 Å². The number of aryl methyl sites for hydroxylation is 2. The van der Waals surface area contributed by atoms with E-state index < -0.39 is 0 Å². The molecular formula is C14H15N3O2. The number of hydrogen-bond donors (Lipinski definition) is 1. The third-order valence-corrected chi connectivity index (χ3v) is 3.37. The normalized spacial score (nSPS) is 17.8. The third kappa shape index (κ3) is 2.36. The highest BCUT2D eigenvalue weighted by Crippen LogP contribution is 2.30. The monoisotopic (exact) mass is 257 g/mol.